The summed E-state index contributed by atoms with van der Waals surface area (Å²) < 4.78 is 2.03. The fourth-order valence-electron chi connectivity index (χ4n) is 3.47. The van der Waals surface area contributed by atoms with Crippen molar-refractivity contribution in [2.24, 2.45) is 0 Å². The predicted molar refractivity (Wildman–Crippen MR) is 102 cm³/mol. The van der Waals surface area contributed by atoms with E-state index < -0.39 is 0 Å². The van der Waals surface area contributed by atoms with E-state index in [-0.39, 0.29) is 5.56 Å². The maximum absolute atomic E-state index is 12.5. The molecule has 0 aliphatic carbocycles. The number of para-hydroxylation sites is 1. The Morgan fingerprint density at radius 1 is 0.680 bits per heavy atom. The largest absolute Gasteiger partial charge is 0.300 e. The van der Waals surface area contributed by atoms with Crippen LogP contribution in [0, 0.1) is 0 Å². The molecule has 118 valence electrons. The summed E-state index contributed by atoms with van der Waals surface area (Å²) in [5, 5.41) is 2.71. The van der Waals surface area contributed by atoms with E-state index in [2.05, 4.69) is 29.4 Å². The Balaban J connectivity index is 2.06. The van der Waals surface area contributed by atoms with Crippen molar-refractivity contribution in [3.05, 3.63) is 95.4 Å². The Bertz CT molecular complexity index is 1300. The molecule has 0 N–H and O–H groups in total. The van der Waals surface area contributed by atoms with Gasteiger partial charge in [0.05, 0.1) is 10.9 Å². The van der Waals surface area contributed by atoms with E-state index in [1.807, 2.05) is 65.1 Å². The quantitative estimate of drug-likeness (QED) is 0.420. The van der Waals surface area contributed by atoms with Gasteiger partial charge in [0.1, 0.15) is 5.65 Å². The lowest BCUT2D eigenvalue weighted by atomic mass is 10.0. The molecule has 0 radical (unpaired) electrons. The van der Waals surface area contributed by atoms with Gasteiger partial charge in [-0.1, -0.05) is 66.7 Å². The van der Waals surface area contributed by atoms with Crippen LogP contribution < -0.4 is 5.56 Å². The van der Waals surface area contributed by atoms with Crippen molar-refractivity contribution in [1.29, 1.82) is 0 Å². The number of benzene rings is 3. The lowest BCUT2D eigenvalue weighted by molar-refractivity contribution is 1.15. The predicted octanol–water partition coefficient (Wildman–Crippen LogP) is 4.67. The second-order valence-corrected chi connectivity index (χ2v) is 6.08. The Labute approximate surface area is 143 Å². The van der Waals surface area contributed by atoms with Crippen LogP contribution in [0.1, 0.15) is 0 Å². The van der Waals surface area contributed by atoms with E-state index in [0.29, 0.717) is 11.0 Å². The van der Waals surface area contributed by atoms with Crippen LogP contribution in [0.3, 0.4) is 0 Å². The summed E-state index contributed by atoms with van der Waals surface area (Å²) >= 11 is 0. The molecule has 0 saturated carbocycles. The van der Waals surface area contributed by atoms with Crippen molar-refractivity contribution in [3.63, 3.8) is 0 Å². The van der Waals surface area contributed by atoms with Gasteiger partial charge >= 0.3 is 0 Å². The van der Waals surface area contributed by atoms with Crippen molar-refractivity contribution in [3.8, 4) is 11.1 Å². The summed E-state index contributed by atoms with van der Waals surface area (Å²) in [7, 11) is 0. The van der Waals surface area contributed by atoms with E-state index in [9.17, 15) is 4.79 Å². The van der Waals surface area contributed by atoms with E-state index in [1.165, 1.54) is 0 Å². The Morgan fingerprint density at radius 3 is 2.12 bits per heavy atom. The maximum atomic E-state index is 12.5. The van der Waals surface area contributed by atoms with Gasteiger partial charge in [-0.15, -0.1) is 0 Å². The maximum Gasteiger partial charge on any atom is 0.281 e. The molecule has 3 nitrogen and oxygen atoms in total. The van der Waals surface area contributed by atoms with Gasteiger partial charge < -0.3 is 0 Å². The molecule has 3 heteroatoms. The topological polar surface area (TPSA) is 34.4 Å². The molecule has 0 aliphatic rings. The van der Waals surface area contributed by atoms with Gasteiger partial charge in [-0.05, 0) is 23.1 Å². The first kappa shape index (κ1) is 13.9. The van der Waals surface area contributed by atoms with E-state index in [1.54, 1.807) is 0 Å². The zero-order valence-corrected chi connectivity index (χ0v) is 13.4. The monoisotopic (exact) mass is 322 g/mol. The summed E-state index contributed by atoms with van der Waals surface area (Å²) in [6, 6.07) is 26.0. The molecule has 0 atom stereocenters. The molecule has 3 aromatic carbocycles. The van der Waals surface area contributed by atoms with Gasteiger partial charge in [-0.25, -0.2) is 0 Å². The van der Waals surface area contributed by atoms with Crippen LogP contribution in [-0.2, 0) is 0 Å². The Kier molecular flexibility index (Phi) is 2.94. The van der Waals surface area contributed by atoms with Crippen LogP contribution in [0.5, 0.6) is 0 Å². The summed E-state index contributed by atoms with van der Waals surface area (Å²) in [5.41, 5.74) is 3.65. The highest BCUT2D eigenvalue weighted by Gasteiger charge is 2.12. The first-order valence-corrected chi connectivity index (χ1v) is 8.21. The standard InChI is InChI=1S/C22H14N2O/c25-22-18-12-6-7-13-20(18)24-14-19(15-8-2-1-3-9-15)16-10-4-5-11-17(16)21(24)23-22/h1-14H. The second-order valence-electron chi connectivity index (χ2n) is 6.08. The third-order valence-corrected chi connectivity index (χ3v) is 4.63. The minimum Gasteiger partial charge on any atom is -0.300 e. The van der Waals surface area contributed by atoms with Crippen LogP contribution in [0.2, 0.25) is 0 Å². The molecule has 0 fully saturated rings. The van der Waals surface area contributed by atoms with Crippen LogP contribution in [0.15, 0.2) is 89.9 Å². The number of rotatable bonds is 1. The van der Waals surface area contributed by atoms with Gasteiger partial charge in [0.15, 0.2) is 0 Å². The summed E-state index contributed by atoms with van der Waals surface area (Å²) in [4.78, 5) is 16.8. The number of hydrogen-bond donors (Lipinski definition) is 0. The molecule has 0 bridgehead atoms. The van der Waals surface area contributed by atoms with Crippen molar-refractivity contribution in [1.82, 2.24) is 9.38 Å². The molecular formula is C22H14N2O. The minimum absolute atomic E-state index is 0.187. The van der Waals surface area contributed by atoms with E-state index in [4.69, 9.17) is 0 Å². The number of fused-ring (bicyclic) bond motifs is 5. The highest BCUT2D eigenvalue weighted by atomic mass is 16.1. The van der Waals surface area contributed by atoms with Crippen molar-refractivity contribution < 1.29 is 0 Å². The Hall–Kier alpha value is -3.46. The van der Waals surface area contributed by atoms with Crippen molar-refractivity contribution in [2.75, 3.05) is 0 Å². The highest BCUT2D eigenvalue weighted by molar-refractivity contribution is 6.04. The van der Waals surface area contributed by atoms with Crippen molar-refractivity contribution in [2.45, 2.75) is 0 Å². The van der Waals surface area contributed by atoms with E-state index in [0.717, 1.165) is 27.4 Å². The molecule has 5 aromatic rings. The van der Waals surface area contributed by atoms with Crippen LogP contribution in [0.25, 0.3) is 38.4 Å². The number of nitrogens with zero attached hydrogens (tertiary/aromatic N) is 2. The third-order valence-electron chi connectivity index (χ3n) is 4.63. The smallest absolute Gasteiger partial charge is 0.281 e. The summed E-state index contributed by atoms with van der Waals surface area (Å²) in [6.45, 7) is 0. The highest BCUT2D eigenvalue weighted by Crippen LogP contribution is 2.31. The average molecular weight is 322 g/mol. The van der Waals surface area contributed by atoms with Gasteiger partial charge in [0.2, 0.25) is 0 Å². The molecule has 2 heterocycles. The fourth-order valence-corrected chi connectivity index (χ4v) is 3.47. The fraction of sp³-hybridized carbons (Fsp3) is 0. The van der Waals surface area contributed by atoms with E-state index >= 15 is 0 Å². The molecule has 0 aliphatic heterocycles. The molecule has 2 aromatic heterocycles. The van der Waals surface area contributed by atoms with Crippen LogP contribution in [-0.4, -0.2) is 9.38 Å². The lowest BCUT2D eigenvalue weighted by Crippen LogP contribution is -2.11. The zero-order chi connectivity index (χ0) is 16.8. The minimum atomic E-state index is -0.187. The van der Waals surface area contributed by atoms with Gasteiger partial charge in [0.25, 0.3) is 5.56 Å². The second kappa shape index (κ2) is 5.28. The summed E-state index contributed by atoms with van der Waals surface area (Å²) in [6.07, 6.45) is 2.09. The average Bonchev–Trinajstić information content (AvgIpc) is 2.69. The van der Waals surface area contributed by atoms with Gasteiger partial charge in [0, 0.05) is 17.1 Å². The lowest BCUT2D eigenvalue weighted by Gasteiger charge is -2.13. The van der Waals surface area contributed by atoms with Crippen LogP contribution in [0.4, 0.5) is 0 Å². The molecule has 0 unspecified atom stereocenters. The molecule has 5 rings (SSSR count). The summed E-state index contributed by atoms with van der Waals surface area (Å²) in [5.74, 6) is 0. The first-order valence-electron chi connectivity index (χ1n) is 8.21. The van der Waals surface area contributed by atoms with Crippen LogP contribution >= 0.6 is 0 Å². The Morgan fingerprint density at radius 2 is 1.32 bits per heavy atom. The number of pyridine rings is 1. The van der Waals surface area contributed by atoms with Gasteiger partial charge in [-0.3, -0.25) is 9.20 Å². The first-order chi connectivity index (χ1) is 12.3. The molecule has 0 spiro atoms. The molecule has 0 amide bonds. The number of hydrogen-bond acceptors (Lipinski definition) is 2. The van der Waals surface area contributed by atoms with Crippen molar-refractivity contribution >= 4 is 27.3 Å². The molecular weight excluding hydrogens is 308 g/mol. The molecule has 0 saturated heterocycles. The third kappa shape index (κ3) is 2.06. The normalized spacial score (nSPS) is 11.4. The zero-order valence-electron chi connectivity index (χ0n) is 13.4. The number of aromatic nitrogens is 2. The molecule has 25 heavy (non-hydrogen) atoms. The van der Waals surface area contributed by atoms with Gasteiger partial charge in [-0.2, -0.15) is 4.98 Å². The SMILES string of the molecule is O=c1nc2c3ccccc3c(-c3ccccc3)cn2c2ccccc12.